The van der Waals surface area contributed by atoms with Crippen LogP contribution in [0.1, 0.15) is 21.6 Å². The van der Waals surface area contributed by atoms with Crippen LogP contribution in [0, 0.1) is 0 Å². The zero-order valence-corrected chi connectivity index (χ0v) is 12.4. The van der Waals surface area contributed by atoms with Gasteiger partial charge in [-0.2, -0.15) is 5.10 Å². The molecular weight excluding hydrogens is 294 g/mol. The van der Waals surface area contributed by atoms with Crippen LogP contribution >= 0.6 is 0 Å². The first kappa shape index (κ1) is 14.6. The number of carbonyl (C=O) groups is 1. The molecule has 0 fully saturated rings. The highest BCUT2D eigenvalue weighted by Gasteiger charge is 2.17. The van der Waals surface area contributed by atoms with Crippen molar-refractivity contribution in [3.63, 3.8) is 0 Å². The molecule has 0 saturated carbocycles. The van der Waals surface area contributed by atoms with Crippen LogP contribution in [0.2, 0.25) is 0 Å². The molecular formula is C17H15N3O3. The van der Waals surface area contributed by atoms with E-state index >= 15 is 0 Å². The number of H-pyrrole nitrogens is 1. The van der Waals surface area contributed by atoms with Crippen LogP contribution in [0.25, 0.3) is 23.1 Å². The van der Waals surface area contributed by atoms with Gasteiger partial charge < -0.3 is 15.6 Å². The fourth-order valence-electron chi connectivity index (χ4n) is 2.39. The first-order valence-electron chi connectivity index (χ1n) is 6.92. The second-order valence-corrected chi connectivity index (χ2v) is 4.98. The van der Waals surface area contributed by atoms with E-state index in [1.54, 1.807) is 12.1 Å². The van der Waals surface area contributed by atoms with Crippen molar-refractivity contribution in [1.82, 2.24) is 10.2 Å². The number of hydrogen-bond acceptors (Lipinski definition) is 4. The number of aromatic nitrogens is 2. The second kappa shape index (κ2) is 5.84. The van der Waals surface area contributed by atoms with Gasteiger partial charge in [-0.05, 0) is 35.9 Å². The van der Waals surface area contributed by atoms with E-state index in [0.29, 0.717) is 28.0 Å². The summed E-state index contributed by atoms with van der Waals surface area (Å²) in [5.41, 5.74) is 8.74. The lowest BCUT2D eigenvalue weighted by molar-refractivity contribution is 0.0693. The zero-order valence-electron chi connectivity index (χ0n) is 12.4. The summed E-state index contributed by atoms with van der Waals surface area (Å²) in [4.78, 5) is 11.3. The average Bonchev–Trinajstić information content (AvgIpc) is 2.96. The molecule has 3 aromatic rings. The molecule has 3 rings (SSSR count). The van der Waals surface area contributed by atoms with E-state index in [-0.39, 0.29) is 5.56 Å². The molecule has 116 valence electrons. The Balaban J connectivity index is 2.09. The fourth-order valence-corrected chi connectivity index (χ4v) is 2.39. The van der Waals surface area contributed by atoms with Crippen molar-refractivity contribution in [2.45, 2.75) is 0 Å². The molecule has 0 saturated heterocycles. The van der Waals surface area contributed by atoms with Crippen molar-refractivity contribution in [1.29, 1.82) is 0 Å². The van der Waals surface area contributed by atoms with Gasteiger partial charge in [0.2, 0.25) is 0 Å². The van der Waals surface area contributed by atoms with Crippen molar-refractivity contribution in [2.75, 3.05) is 12.8 Å². The Kier molecular flexibility index (Phi) is 3.72. The SMILES string of the molecule is COc1c(C(=O)O)ccc2[nH]nc(/C=C/c3ccc(N)cc3)c12. The first-order valence-corrected chi connectivity index (χ1v) is 6.92. The predicted octanol–water partition coefficient (Wildman–Crippen LogP) is 3.02. The maximum absolute atomic E-state index is 11.3. The van der Waals surface area contributed by atoms with Crippen LogP contribution in [-0.2, 0) is 0 Å². The Bertz CT molecular complexity index is 895. The van der Waals surface area contributed by atoms with Crippen LogP contribution in [0.3, 0.4) is 0 Å². The number of hydrogen-bond donors (Lipinski definition) is 3. The number of nitrogen functional groups attached to an aromatic ring is 1. The van der Waals surface area contributed by atoms with E-state index in [9.17, 15) is 9.90 Å². The Morgan fingerprint density at radius 1 is 1.22 bits per heavy atom. The van der Waals surface area contributed by atoms with Gasteiger partial charge in [0.1, 0.15) is 11.3 Å². The van der Waals surface area contributed by atoms with Crippen molar-refractivity contribution in [2.24, 2.45) is 0 Å². The Morgan fingerprint density at radius 3 is 2.61 bits per heavy atom. The number of aromatic carboxylic acids is 1. The largest absolute Gasteiger partial charge is 0.495 e. The van der Waals surface area contributed by atoms with Crippen LogP contribution < -0.4 is 10.5 Å². The molecule has 0 atom stereocenters. The van der Waals surface area contributed by atoms with Gasteiger partial charge in [-0.3, -0.25) is 5.10 Å². The zero-order chi connectivity index (χ0) is 16.4. The predicted molar refractivity (Wildman–Crippen MR) is 89.4 cm³/mol. The Hall–Kier alpha value is -3.28. The number of aromatic amines is 1. The molecule has 23 heavy (non-hydrogen) atoms. The van der Waals surface area contributed by atoms with Crippen LogP contribution in [-0.4, -0.2) is 28.4 Å². The van der Waals surface area contributed by atoms with Crippen LogP contribution in [0.4, 0.5) is 5.69 Å². The van der Waals surface area contributed by atoms with Gasteiger partial charge in [0.15, 0.2) is 0 Å². The molecule has 6 heteroatoms. The summed E-state index contributed by atoms with van der Waals surface area (Å²) in [6, 6.07) is 10.6. The number of nitrogens with two attached hydrogens (primary N) is 1. The molecule has 0 bridgehead atoms. The van der Waals surface area contributed by atoms with E-state index in [1.807, 2.05) is 30.3 Å². The van der Waals surface area contributed by atoms with Gasteiger partial charge in [0.25, 0.3) is 0 Å². The summed E-state index contributed by atoms with van der Waals surface area (Å²) in [5, 5.41) is 17.0. The number of fused-ring (bicyclic) bond motifs is 1. The number of benzene rings is 2. The highest BCUT2D eigenvalue weighted by molar-refractivity contribution is 6.02. The highest BCUT2D eigenvalue weighted by Crippen LogP contribution is 2.32. The number of nitrogens with zero attached hydrogens (tertiary/aromatic N) is 1. The smallest absolute Gasteiger partial charge is 0.339 e. The number of ether oxygens (including phenoxy) is 1. The quantitative estimate of drug-likeness (QED) is 0.643. The molecule has 2 aromatic carbocycles. The highest BCUT2D eigenvalue weighted by atomic mass is 16.5. The monoisotopic (exact) mass is 309 g/mol. The molecule has 4 N–H and O–H groups in total. The lowest BCUT2D eigenvalue weighted by Gasteiger charge is -2.06. The third-order valence-corrected chi connectivity index (χ3v) is 3.52. The average molecular weight is 309 g/mol. The van der Waals surface area contributed by atoms with Gasteiger partial charge >= 0.3 is 5.97 Å². The van der Waals surface area contributed by atoms with E-state index in [1.165, 1.54) is 13.2 Å². The minimum absolute atomic E-state index is 0.100. The summed E-state index contributed by atoms with van der Waals surface area (Å²) < 4.78 is 5.30. The molecule has 1 aromatic heterocycles. The normalized spacial score (nSPS) is 11.2. The number of carboxylic acids is 1. The number of nitrogens with one attached hydrogen (secondary N) is 1. The first-order chi connectivity index (χ1) is 11.1. The summed E-state index contributed by atoms with van der Waals surface area (Å²) >= 11 is 0. The van der Waals surface area contributed by atoms with Crippen molar-refractivity contribution in [3.8, 4) is 5.75 Å². The van der Waals surface area contributed by atoms with E-state index in [0.717, 1.165) is 5.56 Å². The summed E-state index contributed by atoms with van der Waals surface area (Å²) in [6.07, 6.45) is 3.68. The summed E-state index contributed by atoms with van der Waals surface area (Å²) in [7, 11) is 1.45. The number of rotatable bonds is 4. The van der Waals surface area contributed by atoms with Crippen molar-refractivity contribution in [3.05, 3.63) is 53.2 Å². The number of carboxylic acid groups (broad SMARTS) is 1. The lowest BCUT2D eigenvalue weighted by atomic mass is 10.1. The molecule has 0 aliphatic carbocycles. The van der Waals surface area contributed by atoms with E-state index < -0.39 is 5.97 Å². The maximum Gasteiger partial charge on any atom is 0.339 e. The number of methoxy groups -OCH3 is 1. The Morgan fingerprint density at radius 2 is 1.96 bits per heavy atom. The summed E-state index contributed by atoms with van der Waals surface area (Å²) in [6.45, 7) is 0. The Labute approximate surface area is 132 Å². The topological polar surface area (TPSA) is 101 Å². The summed E-state index contributed by atoms with van der Waals surface area (Å²) in [5.74, 6) is -0.751. The second-order valence-electron chi connectivity index (χ2n) is 4.98. The van der Waals surface area contributed by atoms with Gasteiger partial charge in [0.05, 0.1) is 23.7 Å². The van der Waals surface area contributed by atoms with E-state index in [2.05, 4.69) is 10.2 Å². The van der Waals surface area contributed by atoms with Gasteiger partial charge in [-0.25, -0.2) is 4.79 Å². The molecule has 0 aliphatic rings. The van der Waals surface area contributed by atoms with Crippen molar-refractivity contribution >= 4 is 34.7 Å². The molecule has 0 aliphatic heterocycles. The minimum atomic E-state index is -1.04. The standard InChI is InChI=1S/C17H15N3O3/c1-23-16-12(17(21)22)7-9-14-15(16)13(19-20-14)8-4-10-2-5-11(18)6-3-10/h2-9H,18H2,1H3,(H,19,20)(H,21,22)/b8-4+. The molecule has 0 radical (unpaired) electrons. The van der Waals surface area contributed by atoms with Gasteiger partial charge in [-0.1, -0.05) is 18.2 Å². The molecule has 0 amide bonds. The fraction of sp³-hybridized carbons (Fsp3) is 0.0588. The maximum atomic E-state index is 11.3. The molecule has 1 heterocycles. The van der Waals surface area contributed by atoms with Gasteiger partial charge in [-0.15, -0.1) is 0 Å². The van der Waals surface area contributed by atoms with Crippen LogP contribution in [0.5, 0.6) is 5.75 Å². The number of anilines is 1. The lowest BCUT2D eigenvalue weighted by Crippen LogP contribution is -2.00. The minimum Gasteiger partial charge on any atom is -0.495 e. The molecule has 6 nitrogen and oxygen atoms in total. The van der Waals surface area contributed by atoms with Crippen LogP contribution in [0.15, 0.2) is 36.4 Å². The molecule has 0 spiro atoms. The van der Waals surface area contributed by atoms with Gasteiger partial charge in [0, 0.05) is 5.69 Å². The third kappa shape index (κ3) is 2.74. The van der Waals surface area contributed by atoms with E-state index in [4.69, 9.17) is 10.5 Å². The third-order valence-electron chi connectivity index (χ3n) is 3.52. The van der Waals surface area contributed by atoms with Crippen molar-refractivity contribution < 1.29 is 14.6 Å². The molecule has 0 unspecified atom stereocenters.